The number of carbonyl (C=O) groups is 2. The topological polar surface area (TPSA) is 52.7 Å². The van der Waals surface area contributed by atoms with Crippen molar-refractivity contribution in [1.29, 1.82) is 0 Å². The molecule has 0 atom stereocenters. The van der Waals surface area contributed by atoms with Gasteiger partial charge in [-0.2, -0.15) is 0 Å². The molecule has 1 aliphatic rings. The number of carbonyl (C=O) groups excluding carboxylic acids is 2. The number of hydrogen-bond acceptors (Lipinski definition) is 4. The monoisotopic (exact) mass is 419 g/mol. The Bertz CT molecular complexity index is 831. The van der Waals surface area contributed by atoms with Crippen LogP contribution in [0.4, 0.5) is 5.69 Å². The first-order chi connectivity index (χ1) is 13.1. The molecule has 3 rings (SSSR count). The van der Waals surface area contributed by atoms with Crippen molar-refractivity contribution in [3.8, 4) is 0 Å². The molecule has 0 saturated carbocycles. The van der Waals surface area contributed by atoms with Crippen LogP contribution in [0.1, 0.15) is 15.9 Å². The molecule has 1 heterocycles. The molecule has 0 aliphatic carbocycles. The maximum atomic E-state index is 12.7. The quantitative estimate of drug-likeness (QED) is 0.701. The first-order valence-corrected chi connectivity index (χ1v) is 10.1. The van der Waals surface area contributed by atoms with E-state index in [-0.39, 0.29) is 24.2 Å². The highest BCUT2D eigenvalue weighted by molar-refractivity contribution is 8.00. The second kappa shape index (κ2) is 10.5. The molecule has 0 radical (unpaired) electrons. The third-order valence-electron chi connectivity index (χ3n) is 4.70. The van der Waals surface area contributed by atoms with Crippen molar-refractivity contribution in [2.45, 2.75) is 11.3 Å². The number of nitrogens with one attached hydrogen (secondary N) is 1. The summed E-state index contributed by atoms with van der Waals surface area (Å²) in [6.07, 6.45) is 0.901. The van der Waals surface area contributed by atoms with E-state index < -0.39 is 0 Å². The normalized spacial score (nSPS) is 12.3. The zero-order chi connectivity index (χ0) is 19.2. The zero-order valence-electron chi connectivity index (χ0n) is 16.2. The Hall–Kier alpha value is -2.02. The van der Waals surface area contributed by atoms with Crippen molar-refractivity contribution >= 4 is 41.7 Å². The number of nitrogens with zero attached hydrogens (tertiary/aromatic N) is 2. The molecule has 0 fully saturated rings. The van der Waals surface area contributed by atoms with Gasteiger partial charge in [0.2, 0.25) is 5.91 Å². The molecule has 0 unspecified atom stereocenters. The Morgan fingerprint density at radius 2 is 1.86 bits per heavy atom. The van der Waals surface area contributed by atoms with Crippen LogP contribution in [0, 0.1) is 0 Å². The molecule has 0 bridgehead atoms. The van der Waals surface area contributed by atoms with Crippen LogP contribution in [0.5, 0.6) is 0 Å². The molecular weight excluding hydrogens is 394 g/mol. The van der Waals surface area contributed by atoms with E-state index >= 15 is 0 Å². The minimum Gasteiger partial charge on any atom is -0.340 e. The molecule has 2 amide bonds. The molecule has 1 N–H and O–H groups in total. The number of likely N-dealkylation sites (N-methyl/N-ethyl adjacent to an activating group) is 2. The minimum absolute atomic E-state index is 0. The zero-order valence-corrected chi connectivity index (χ0v) is 17.8. The molecule has 7 heteroatoms. The van der Waals surface area contributed by atoms with Gasteiger partial charge in [-0.05, 0) is 37.2 Å². The second-order valence-corrected chi connectivity index (χ2v) is 7.56. The van der Waals surface area contributed by atoms with Crippen molar-refractivity contribution in [3.05, 3.63) is 59.7 Å². The van der Waals surface area contributed by atoms with E-state index in [4.69, 9.17) is 0 Å². The van der Waals surface area contributed by atoms with Crippen molar-refractivity contribution < 1.29 is 9.59 Å². The number of halogens is 1. The summed E-state index contributed by atoms with van der Waals surface area (Å²) in [4.78, 5) is 29.9. The van der Waals surface area contributed by atoms with Gasteiger partial charge in [0.25, 0.3) is 5.91 Å². The number of para-hydroxylation sites is 1. The Kier molecular flexibility index (Phi) is 8.35. The SMILES string of the molecule is CNCCN(C)C(=O)c1ccccc1SCC(=O)N1CCc2ccccc21.Cl. The molecule has 5 nitrogen and oxygen atoms in total. The molecule has 0 saturated heterocycles. The van der Waals surface area contributed by atoms with E-state index in [1.54, 1.807) is 11.9 Å². The Balaban J connectivity index is 0.00000280. The standard InChI is InChI=1S/C21H25N3O2S.ClH/c1-22-12-14-23(2)21(26)17-8-4-6-10-19(17)27-15-20(25)24-13-11-16-7-3-5-9-18(16)24;/h3-10,22H,11-15H2,1-2H3;1H. The van der Waals surface area contributed by atoms with Gasteiger partial charge in [0, 0.05) is 37.3 Å². The fourth-order valence-corrected chi connectivity index (χ4v) is 4.09. The fraction of sp³-hybridized carbons (Fsp3) is 0.333. The van der Waals surface area contributed by atoms with Crippen LogP contribution in [0.15, 0.2) is 53.4 Å². The summed E-state index contributed by atoms with van der Waals surface area (Å²) in [7, 11) is 3.66. The summed E-state index contributed by atoms with van der Waals surface area (Å²) in [5.74, 6) is 0.377. The Labute approximate surface area is 176 Å². The Morgan fingerprint density at radius 1 is 1.14 bits per heavy atom. The van der Waals surface area contributed by atoms with Crippen molar-refractivity contribution in [2.24, 2.45) is 0 Å². The van der Waals surface area contributed by atoms with Crippen LogP contribution in [0.3, 0.4) is 0 Å². The lowest BCUT2D eigenvalue weighted by Gasteiger charge is -2.20. The van der Waals surface area contributed by atoms with Gasteiger partial charge in [0.1, 0.15) is 0 Å². The number of benzene rings is 2. The predicted octanol–water partition coefficient (Wildman–Crippen LogP) is 3.08. The lowest BCUT2D eigenvalue weighted by atomic mass is 10.2. The van der Waals surface area contributed by atoms with Gasteiger partial charge < -0.3 is 15.1 Å². The van der Waals surface area contributed by atoms with Gasteiger partial charge in [-0.1, -0.05) is 30.3 Å². The second-order valence-electron chi connectivity index (χ2n) is 6.54. The highest BCUT2D eigenvalue weighted by atomic mass is 35.5. The van der Waals surface area contributed by atoms with Crippen LogP contribution >= 0.6 is 24.2 Å². The van der Waals surface area contributed by atoms with E-state index in [0.29, 0.717) is 17.9 Å². The summed E-state index contributed by atoms with van der Waals surface area (Å²) < 4.78 is 0. The molecule has 0 spiro atoms. The van der Waals surface area contributed by atoms with Crippen LogP contribution < -0.4 is 10.2 Å². The third kappa shape index (κ3) is 5.07. The molecule has 1 aliphatic heterocycles. The van der Waals surface area contributed by atoms with Crippen LogP contribution in [-0.4, -0.2) is 56.2 Å². The van der Waals surface area contributed by atoms with Crippen LogP contribution in [-0.2, 0) is 11.2 Å². The van der Waals surface area contributed by atoms with Gasteiger partial charge in [-0.3, -0.25) is 9.59 Å². The number of anilines is 1. The summed E-state index contributed by atoms with van der Waals surface area (Å²) in [6, 6.07) is 15.6. The summed E-state index contributed by atoms with van der Waals surface area (Å²) >= 11 is 1.43. The lowest BCUT2D eigenvalue weighted by molar-refractivity contribution is -0.116. The average Bonchev–Trinajstić information content (AvgIpc) is 3.14. The van der Waals surface area contributed by atoms with Crippen molar-refractivity contribution in [1.82, 2.24) is 10.2 Å². The Morgan fingerprint density at radius 3 is 2.64 bits per heavy atom. The van der Waals surface area contributed by atoms with E-state index in [2.05, 4.69) is 11.4 Å². The first kappa shape index (κ1) is 22.3. The van der Waals surface area contributed by atoms with Crippen LogP contribution in [0.2, 0.25) is 0 Å². The van der Waals surface area contributed by atoms with Gasteiger partial charge in [0.15, 0.2) is 0 Å². The van der Waals surface area contributed by atoms with Crippen LogP contribution in [0.25, 0.3) is 0 Å². The lowest BCUT2D eigenvalue weighted by Crippen LogP contribution is -2.33. The smallest absolute Gasteiger partial charge is 0.254 e. The van der Waals surface area contributed by atoms with Crippen molar-refractivity contribution in [3.63, 3.8) is 0 Å². The minimum atomic E-state index is -0.0210. The number of thioether (sulfide) groups is 1. The van der Waals surface area contributed by atoms with Gasteiger partial charge in [-0.15, -0.1) is 24.2 Å². The first-order valence-electron chi connectivity index (χ1n) is 9.12. The fourth-order valence-electron chi connectivity index (χ4n) is 3.17. The maximum Gasteiger partial charge on any atom is 0.254 e. The number of hydrogen-bond donors (Lipinski definition) is 1. The average molecular weight is 420 g/mol. The summed E-state index contributed by atoms with van der Waals surface area (Å²) in [5.41, 5.74) is 2.88. The number of rotatable bonds is 7. The highest BCUT2D eigenvalue weighted by Gasteiger charge is 2.24. The number of fused-ring (bicyclic) bond motifs is 1. The van der Waals surface area contributed by atoms with Gasteiger partial charge in [-0.25, -0.2) is 0 Å². The maximum absolute atomic E-state index is 12.7. The molecule has 28 heavy (non-hydrogen) atoms. The molecule has 150 valence electrons. The van der Waals surface area contributed by atoms with Gasteiger partial charge >= 0.3 is 0 Å². The van der Waals surface area contributed by atoms with E-state index in [9.17, 15) is 9.59 Å². The summed E-state index contributed by atoms with van der Waals surface area (Å²) in [5, 5.41) is 3.05. The van der Waals surface area contributed by atoms with E-state index in [0.717, 1.165) is 30.1 Å². The van der Waals surface area contributed by atoms with Crippen molar-refractivity contribution in [2.75, 3.05) is 44.4 Å². The van der Waals surface area contributed by atoms with E-state index in [1.165, 1.54) is 17.3 Å². The summed E-state index contributed by atoms with van der Waals surface area (Å²) in [6.45, 7) is 2.11. The number of amides is 2. The molecule has 2 aromatic carbocycles. The molecule has 0 aromatic heterocycles. The highest BCUT2D eigenvalue weighted by Crippen LogP contribution is 2.30. The predicted molar refractivity (Wildman–Crippen MR) is 118 cm³/mol. The van der Waals surface area contributed by atoms with E-state index in [1.807, 2.05) is 54.4 Å². The van der Waals surface area contributed by atoms with Gasteiger partial charge in [0.05, 0.1) is 11.3 Å². The molecular formula is C21H26ClN3O2S. The molecule has 2 aromatic rings. The third-order valence-corrected chi connectivity index (χ3v) is 5.76. The largest absolute Gasteiger partial charge is 0.340 e.